The number of carbonyl (C=O) groups is 2. The number of fused-ring (bicyclic) bond motifs is 2. The molecular weight excluding hydrogens is 384 g/mol. The second-order valence-corrected chi connectivity index (χ2v) is 7.90. The number of nitrogens with zero attached hydrogens (tertiary/aromatic N) is 3. The predicted molar refractivity (Wildman–Crippen MR) is 114 cm³/mol. The second-order valence-electron chi connectivity index (χ2n) is 6.94. The molecule has 1 aliphatic heterocycles. The van der Waals surface area contributed by atoms with Gasteiger partial charge in [0.05, 0.1) is 28.2 Å². The average molecular weight is 402 g/mol. The first-order chi connectivity index (χ1) is 14.0. The van der Waals surface area contributed by atoms with Crippen LogP contribution >= 0.6 is 11.8 Å². The van der Waals surface area contributed by atoms with Crippen molar-refractivity contribution in [3.05, 3.63) is 59.2 Å². The van der Waals surface area contributed by atoms with E-state index in [1.54, 1.807) is 12.1 Å². The van der Waals surface area contributed by atoms with Gasteiger partial charge in [-0.15, -0.1) is 0 Å². The van der Waals surface area contributed by atoms with Gasteiger partial charge in [0.25, 0.3) is 0 Å². The fraction of sp³-hybridized carbons (Fsp3) is 0.182. The summed E-state index contributed by atoms with van der Waals surface area (Å²) in [4.78, 5) is 30.9. The predicted octanol–water partition coefficient (Wildman–Crippen LogP) is 3.80. The van der Waals surface area contributed by atoms with Crippen molar-refractivity contribution in [2.45, 2.75) is 18.9 Å². The lowest BCUT2D eigenvalue weighted by Crippen LogP contribution is -2.43. The van der Waals surface area contributed by atoms with Crippen LogP contribution in [0, 0.1) is 25.2 Å². The molecule has 1 N–H and O–H groups in total. The molecule has 3 aromatic rings. The van der Waals surface area contributed by atoms with Gasteiger partial charge in [-0.05, 0) is 49.2 Å². The zero-order chi connectivity index (χ0) is 20.5. The monoisotopic (exact) mass is 402 g/mol. The Bertz CT molecular complexity index is 1200. The molecule has 0 fully saturated rings. The van der Waals surface area contributed by atoms with E-state index >= 15 is 0 Å². The van der Waals surface area contributed by atoms with Gasteiger partial charge >= 0.3 is 0 Å². The summed E-state index contributed by atoms with van der Waals surface area (Å²) < 4.78 is 0. The summed E-state index contributed by atoms with van der Waals surface area (Å²) in [6, 6.07) is 15.2. The Morgan fingerprint density at radius 3 is 2.86 bits per heavy atom. The number of benzene rings is 2. The van der Waals surface area contributed by atoms with E-state index in [0.717, 1.165) is 22.0 Å². The zero-order valence-corrected chi connectivity index (χ0v) is 16.8. The molecule has 0 unspecified atom stereocenters. The largest absolute Gasteiger partial charge is 0.323 e. The molecule has 0 saturated heterocycles. The zero-order valence-electron chi connectivity index (χ0n) is 16.0. The number of hydrogen-bond acceptors (Lipinski definition) is 5. The Balaban J connectivity index is 1.61. The van der Waals surface area contributed by atoms with E-state index in [-0.39, 0.29) is 24.1 Å². The fourth-order valence-corrected chi connectivity index (χ4v) is 4.31. The molecule has 0 spiro atoms. The van der Waals surface area contributed by atoms with Crippen LogP contribution in [0.25, 0.3) is 10.9 Å². The highest BCUT2D eigenvalue weighted by molar-refractivity contribution is 8.00. The summed E-state index contributed by atoms with van der Waals surface area (Å²) in [5, 5.41) is 13.8. The molecule has 2 aromatic carbocycles. The minimum atomic E-state index is -0.227. The van der Waals surface area contributed by atoms with Gasteiger partial charge in [0.1, 0.15) is 17.6 Å². The number of carbonyl (C=O) groups excluding carboxylic acids is 2. The Morgan fingerprint density at radius 1 is 1.28 bits per heavy atom. The normalized spacial score (nSPS) is 13.0. The van der Waals surface area contributed by atoms with Crippen LogP contribution in [0.1, 0.15) is 16.7 Å². The number of rotatable bonds is 3. The topological polar surface area (TPSA) is 86.1 Å². The van der Waals surface area contributed by atoms with Crippen LogP contribution in [0.3, 0.4) is 0 Å². The molecule has 144 valence electrons. The van der Waals surface area contributed by atoms with Crippen molar-refractivity contribution in [3.8, 4) is 6.07 Å². The van der Waals surface area contributed by atoms with Crippen molar-refractivity contribution in [2.75, 3.05) is 22.5 Å². The lowest BCUT2D eigenvalue weighted by Gasteiger charge is -2.29. The Labute approximate surface area is 172 Å². The first kappa shape index (κ1) is 19.0. The second kappa shape index (κ2) is 7.57. The van der Waals surface area contributed by atoms with Crippen molar-refractivity contribution >= 4 is 45.9 Å². The Kier molecular flexibility index (Phi) is 4.95. The maximum absolute atomic E-state index is 12.9. The van der Waals surface area contributed by atoms with Crippen molar-refractivity contribution < 1.29 is 9.59 Å². The summed E-state index contributed by atoms with van der Waals surface area (Å²) in [6.45, 7) is 3.97. The summed E-state index contributed by atoms with van der Waals surface area (Å²) in [5.74, 6) is -0.349. The van der Waals surface area contributed by atoms with E-state index in [2.05, 4.69) is 22.4 Å². The molecule has 0 radical (unpaired) electrons. The van der Waals surface area contributed by atoms with Gasteiger partial charge in [-0.25, -0.2) is 4.98 Å². The molecule has 7 heteroatoms. The molecule has 2 heterocycles. The summed E-state index contributed by atoms with van der Waals surface area (Å²) >= 11 is 1.22. The number of hydrogen-bond donors (Lipinski definition) is 1. The van der Waals surface area contributed by atoms with Crippen LogP contribution in [-0.2, 0) is 9.59 Å². The lowest BCUT2D eigenvalue weighted by atomic mass is 10.1. The fourth-order valence-electron chi connectivity index (χ4n) is 3.47. The van der Waals surface area contributed by atoms with Crippen LogP contribution in [-0.4, -0.2) is 29.1 Å². The van der Waals surface area contributed by atoms with Crippen molar-refractivity contribution in [3.63, 3.8) is 0 Å². The first-order valence-corrected chi connectivity index (χ1v) is 10.1. The molecule has 1 aliphatic rings. The van der Waals surface area contributed by atoms with E-state index in [9.17, 15) is 14.9 Å². The summed E-state index contributed by atoms with van der Waals surface area (Å²) in [5.41, 5.74) is 4.70. The van der Waals surface area contributed by atoms with Crippen molar-refractivity contribution in [1.29, 1.82) is 5.26 Å². The molecule has 4 rings (SSSR count). The molecule has 1 aromatic heterocycles. The lowest BCUT2D eigenvalue weighted by molar-refractivity contribution is -0.120. The molecule has 0 saturated carbocycles. The summed E-state index contributed by atoms with van der Waals surface area (Å²) in [6.07, 6.45) is 0. The quantitative estimate of drug-likeness (QED) is 0.674. The molecule has 6 nitrogen and oxygen atoms in total. The third-order valence-electron chi connectivity index (χ3n) is 4.77. The van der Waals surface area contributed by atoms with Gasteiger partial charge in [0.15, 0.2) is 0 Å². The molecule has 0 aliphatic carbocycles. The van der Waals surface area contributed by atoms with E-state index in [1.165, 1.54) is 16.7 Å². The third kappa shape index (κ3) is 3.67. The van der Waals surface area contributed by atoms with Gasteiger partial charge in [0, 0.05) is 5.39 Å². The van der Waals surface area contributed by atoms with Crippen molar-refractivity contribution in [1.82, 2.24) is 4.98 Å². The van der Waals surface area contributed by atoms with Crippen LogP contribution in [0.2, 0.25) is 0 Å². The smallest absolute Gasteiger partial charge is 0.244 e. The number of para-hydroxylation sites is 2. The number of nitriles is 1. The van der Waals surface area contributed by atoms with Gasteiger partial charge in [-0.3, -0.25) is 9.59 Å². The van der Waals surface area contributed by atoms with Crippen LogP contribution in [0.5, 0.6) is 0 Å². The van der Waals surface area contributed by atoms with Crippen LogP contribution < -0.4 is 10.2 Å². The molecule has 29 heavy (non-hydrogen) atoms. The highest BCUT2D eigenvalue weighted by Gasteiger charge is 2.26. The highest BCUT2D eigenvalue weighted by Crippen LogP contribution is 2.31. The van der Waals surface area contributed by atoms with Gasteiger partial charge < -0.3 is 10.2 Å². The minimum Gasteiger partial charge on any atom is -0.323 e. The Morgan fingerprint density at radius 2 is 2.07 bits per heavy atom. The number of nitrogens with one attached hydrogen (secondary N) is 1. The maximum atomic E-state index is 12.9. The van der Waals surface area contributed by atoms with Gasteiger partial charge in [-0.2, -0.15) is 5.26 Å². The molecule has 0 atom stereocenters. The summed E-state index contributed by atoms with van der Waals surface area (Å²) in [7, 11) is 0. The average Bonchev–Trinajstić information content (AvgIpc) is 2.70. The van der Waals surface area contributed by atoms with E-state index in [0.29, 0.717) is 22.0 Å². The number of amides is 2. The van der Waals surface area contributed by atoms with Gasteiger partial charge in [0.2, 0.25) is 11.8 Å². The van der Waals surface area contributed by atoms with Crippen LogP contribution in [0.15, 0.2) is 47.5 Å². The Hall–Kier alpha value is -3.37. The number of thioether (sulfide) groups is 1. The van der Waals surface area contributed by atoms with Crippen molar-refractivity contribution in [2.24, 2.45) is 0 Å². The number of pyridine rings is 1. The van der Waals surface area contributed by atoms with E-state index in [1.807, 2.05) is 38.1 Å². The first-order valence-electron chi connectivity index (χ1n) is 9.10. The molecule has 0 bridgehead atoms. The van der Waals surface area contributed by atoms with Crippen LogP contribution in [0.4, 0.5) is 11.4 Å². The van der Waals surface area contributed by atoms with Gasteiger partial charge in [-0.1, -0.05) is 30.0 Å². The van der Waals surface area contributed by atoms with E-state index < -0.39 is 0 Å². The number of aryl methyl sites for hydroxylation is 2. The van der Waals surface area contributed by atoms with E-state index in [4.69, 9.17) is 0 Å². The standard InChI is InChI=1S/C22H18N4O2S/c1-13-7-14(2)16-9-15(10-23)22(25-18(16)8-13)29-12-21(28)26-11-20(27)24-17-5-3-4-6-19(17)26/h3-9H,11-12H2,1-2H3,(H,24,27). The highest BCUT2D eigenvalue weighted by atomic mass is 32.2. The number of anilines is 2. The minimum absolute atomic E-state index is 0.0228. The molecule has 2 amide bonds. The SMILES string of the molecule is Cc1cc(C)c2cc(C#N)c(SCC(=O)N3CC(=O)Nc4ccccc43)nc2c1. The molecular formula is C22H18N4O2S. The number of aromatic nitrogens is 1. The third-order valence-corrected chi connectivity index (χ3v) is 5.75. The maximum Gasteiger partial charge on any atom is 0.244 e.